The van der Waals surface area contributed by atoms with Crippen molar-refractivity contribution in [3.05, 3.63) is 63.6 Å². The normalized spacial score (nSPS) is 13.9. The summed E-state index contributed by atoms with van der Waals surface area (Å²) >= 11 is 9.57. The fourth-order valence-corrected chi connectivity index (χ4v) is 2.44. The zero-order chi connectivity index (χ0) is 13.8. The summed E-state index contributed by atoms with van der Waals surface area (Å²) in [5, 5.41) is 0.586. The maximum Gasteiger partial charge on any atom is 0.139 e. The van der Waals surface area contributed by atoms with Gasteiger partial charge in [-0.25, -0.2) is 0 Å². The highest BCUT2D eigenvalue weighted by Gasteiger charge is 2.19. The Morgan fingerprint density at radius 2 is 1.89 bits per heavy atom. The van der Waals surface area contributed by atoms with Crippen molar-refractivity contribution >= 4 is 27.5 Å². The van der Waals surface area contributed by atoms with Crippen molar-refractivity contribution in [2.75, 3.05) is 0 Å². The minimum Gasteiger partial charge on any atom is -0.483 e. The minimum atomic E-state index is -0.239. The summed E-state index contributed by atoms with van der Waals surface area (Å²) in [5.74, 6) is 0.645. The molecule has 0 heterocycles. The van der Waals surface area contributed by atoms with E-state index in [2.05, 4.69) is 15.9 Å². The molecule has 0 amide bonds. The van der Waals surface area contributed by atoms with Crippen LogP contribution in [0, 0.1) is 0 Å². The lowest BCUT2D eigenvalue weighted by molar-refractivity contribution is 0.180. The van der Waals surface area contributed by atoms with Gasteiger partial charge in [-0.3, -0.25) is 0 Å². The standard InChI is InChI=1S/C15H15BrClNO/c1-10(18)15(11-5-4-6-12(16)9-11)19-14-8-3-2-7-13(14)17/h2-10,15H,18H2,1H3. The van der Waals surface area contributed by atoms with E-state index in [-0.39, 0.29) is 12.1 Å². The van der Waals surface area contributed by atoms with Gasteiger partial charge < -0.3 is 10.5 Å². The predicted octanol–water partition coefficient (Wildman–Crippen LogP) is 4.57. The van der Waals surface area contributed by atoms with Crippen LogP contribution < -0.4 is 10.5 Å². The van der Waals surface area contributed by atoms with Crippen LogP contribution in [0.1, 0.15) is 18.6 Å². The second-order valence-electron chi connectivity index (χ2n) is 4.38. The van der Waals surface area contributed by atoms with Crippen LogP contribution in [0.15, 0.2) is 53.0 Å². The molecule has 0 fully saturated rings. The molecule has 0 aliphatic heterocycles. The van der Waals surface area contributed by atoms with E-state index in [0.29, 0.717) is 10.8 Å². The van der Waals surface area contributed by atoms with Gasteiger partial charge in [-0.15, -0.1) is 0 Å². The van der Waals surface area contributed by atoms with Crippen LogP contribution in [0.3, 0.4) is 0 Å². The first-order chi connectivity index (χ1) is 9.08. The lowest BCUT2D eigenvalue weighted by Gasteiger charge is -2.23. The zero-order valence-corrected chi connectivity index (χ0v) is 12.9. The van der Waals surface area contributed by atoms with Gasteiger partial charge >= 0.3 is 0 Å². The van der Waals surface area contributed by atoms with E-state index in [4.69, 9.17) is 22.1 Å². The molecule has 0 spiro atoms. The van der Waals surface area contributed by atoms with Gasteiger partial charge in [-0.2, -0.15) is 0 Å². The number of hydrogen-bond acceptors (Lipinski definition) is 2. The summed E-state index contributed by atoms with van der Waals surface area (Å²) in [6.45, 7) is 1.92. The van der Waals surface area contributed by atoms with Gasteiger partial charge in [0.1, 0.15) is 11.9 Å². The number of nitrogens with two attached hydrogens (primary N) is 1. The van der Waals surface area contributed by atoms with E-state index in [0.717, 1.165) is 10.0 Å². The van der Waals surface area contributed by atoms with Crippen molar-refractivity contribution in [3.8, 4) is 5.75 Å². The number of benzene rings is 2. The second kappa shape index (κ2) is 6.42. The minimum absolute atomic E-state index is 0.148. The Kier molecular flexibility index (Phi) is 4.86. The van der Waals surface area contributed by atoms with E-state index in [1.54, 1.807) is 6.07 Å². The third kappa shape index (κ3) is 3.72. The third-order valence-electron chi connectivity index (χ3n) is 2.75. The van der Waals surface area contributed by atoms with E-state index in [1.165, 1.54) is 0 Å². The molecule has 19 heavy (non-hydrogen) atoms. The quantitative estimate of drug-likeness (QED) is 0.885. The Morgan fingerprint density at radius 1 is 1.16 bits per heavy atom. The van der Waals surface area contributed by atoms with Gasteiger partial charge in [0.15, 0.2) is 0 Å². The number of halogens is 2. The van der Waals surface area contributed by atoms with Crippen LogP contribution in [0.4, 0.5) is 0 Å². The smallest absolute Gasteiger partial charge is 0.139 e. The highest BCUT2D eigenvalue weighted by Crippen LogP contribution is 2.30. The predicted molar refractivity (Wildman–Crippen MR) is 82.6 cm³/mol. The molecular weight excluding hydrogens is 326 g/mol. The molecule has 0 saturated heterocycles. The summed E-state index contributed by atoms with van der Waals surface area (Å²) < 4.78 is 6.97. The maximum absolute atomic E-state index is 6.12. The average Bonchev–Trinajstić information content (AvgIpc) is 2.37. The van der Waals surface area contributed by atoms with E-state index < -0.39 is 0 Å². The zero-order valence-electron chi connectivity index (χ0n) is 10.5. The summed E-state index contributed by atoms with van der Waals surface area (Å²) in [6, 6.07) is 15.2. The molecule has 100 valence electrons. The Bertz CT molecular complexity index is 559. The molecule has 2 aromatic carbocycles. The molecule has 2 rings (SSSR count). The van der Waals surface area contributed by atoms with Gasteiger partial charge in [0.05, 0.1) is 5.02 Å². The Morgan fingerprint density at radius 3 is 2.53 bits per heavy atom. The molecule has 0 aromatic heterocycles. The first-order valence-electron chi connectivity index (χ1n) is 6.00. The number of para-hydroxylation sites is 1. The largest absolute Gasteiger partial charge is 0.483 e. The molecule has 0 radical (unpaired) electrons. The van der Waals surface area contributed by atoms with Crippen molar-refractivity contribution < 1.29 is 4.74 Å². The average molecular weight is 341 g/mol. The molecule has 0 aliphatic rings. The molecule has 2 aromatic rings. The van der Waals surface area contributed by atoms with E-state index >= 15 is 0 Å². The molecule has 2 nitrogen and oxygen atoms in total. The van der Waals surface area contributed by atoms with Crippen LogP contribution in [-0.4, -0.2) is 6.04 Å². The lowest BCUT2D eigenvalue weighted by atomic mass is 10.0. The fourth-order valence-electron chi connectivity index (χ4n) is 1.84. The first-order valence-corrected chi connectivity index (χ1v) is 7.17. The van der Waals surface area contributed by atoms with Crippen molar-refractivity contribution in [1.29, 1.82) is 0 Å². The monoisotopic (exact) mass is 339 g/mol. The number of ether oxygens (including phenoxy) is 1. The maximum atomic E-state index is 6.12. The van der Waals surface area contributed by atoms with Crippen LogP contribution in [0.2, 0.25) is 5.02 Å². The summed E-state index contributed by atoms with van der Waals surface area (Å²) in [7, 11) is 0. The highest BCUT2D eigenvalue weighted by atomic mass is 79.9. The Hall–Kier alpha value is -1.03. The highest BCUT2D eigenvalue weighted by molar-refractivity contribution is 9.10. The van der Waals surface area contributed by atoms with Crippen molar-refractivity contribution in [2.24, 2.45) is 5.73 Å². The van der Waals surface area contributed by atoms with Crippen molar-refractivity contribution in [3.63, 3.8) is 0 Å². The lowest BCUT2D eigenvalue weighted by Crippen LogP contribution is -2.29. The summed E-state index contributed by atoms with van der Waals surface area (Å²) in [4.78, 5) is 0. The van der Waals surface area contributed by atoms with Crippen molar-refractivity contribution in [2.45, 2.75) is 19.1 Å². The van der Waals surface area contributed by atoms with Crippen LogP contribution in [0.5, 0.6) is 5.75 Å². The van der Waals surface area contributed by atoms with E-state index in [9.17, 15) is 0 Å². The van der Waals surface area contributed by atoms with Gasteiger partial charge in [0.25, 0.3) is 0 Å². The van der Waals surface area contributed by atoms with Crippen LogP contribution >= 0.6 is 27.5 Å². The Labute approximate surface area is 126 Å². The van der Waals surface area contributed by atoms with E-state index in [1.807, 2.05) is 49.4 Å². The van der Waals surface area contributed by atoms with Crippen LogP contribution in [0.25, 0.3) is 0 Å². The molecule has 0 bridgehead atoms. The third-order valence-corrected chi connectivity index (χ3v) is 3.55. The number of rotatable bonds is 4. The topological polar surface area (TPSA) is 35.2 Å². The first kappa shape index (κ1) is 14.4. The fraction of sp³-hybridized carbons (Fsp3) is 0.200. The summed E-state index contributed by atoms with van der Waals surface area (Å²) in [6.07, 6.45) is -0.239. The molecular formula is C15H15BrClNO. The van der Waals surface area contributed by atoms with Crippen LogP contribution in [-0.2, 0) is 0 Å². The summed E-state index contributed by atoms with van der Waals surface area (Å²) in [5.41, 5.74) is 7.05. The second-order valence-corrected chi connectivity index (χ2v) is 5.71. The van der Waals surface area contributed by atoms with Gasteiger partial charge in [0.2, 0.25) is 0 Å². The molecule has 2 N–H and O–H groups in total. The molecule has 2 unspecified atom stereocenters. The van der Waals surface area contributed by atoms with Gasteiger partial charge in [-0.1, -0.05) is 51.8 Å². The Balaban J connectivity index is 2.29. The molecule has 0 aliphatic carbocycles. The van der Waals surface area contributed by atoms with Gasteiger partial charge in [-0.05, 0) is 36.8 Å². The van der Waals surface area contributed by atoms with Gasteiger partial charge in [0, 0.05) is 10.5 Å². The number of hydrogen-bond donors (Lipinski definition) is 1. The molecule has 2 atom stereocenters. The SMILES string of the molecule is CC(N)C(Oc1ccccc1Cl)c1cccc(Br)c1. The van der Waals surface area contributed by atoms with Crippen molar-refractivity contribution in [1.82, 2.24) is 0 Å². The molecule has 0 saturated carbocycles. The molecule has 4 heteroatoms.